The molecule has 1 N–H and O–H groups in total. The summed E-state index contributed by atoms with van der Waals surface area (Å²) in [6.45, 7) is 5.91. The number of benzene rings is 2. The highest BCUT2D eigenvalue weighted by Gasteiger charge is 2.56. The van der Waals surface area contributed by atoms with Crippen molar-refractivity contribution < 1.29 is 14.0 Å². The molecule has 168 valence electrons. The molecule has 2 aromatic carbocycles. The van der Waals surface area contributed by atoms with Crippen LogP contribution in [0.5, 0.6) is 0 Å². The summed E-state index contributed by atoms with van der Waals surface area (Å²) in [4.78, 5) is 34.1. The number of nitrogens with one attached hydrogen (secondary N) is 1. The van der Waals surface area contributed by atoms with Crippen LogP contribution in [0.4, 0.5) is 14.9 Å². The van der Waals surface area contributed by atoms with Crippen molar-refractivity contribution in [1.29, 1.82) is 0 Å². The first-order valence-electron chi connectivity index (χ1n) is 11.0. The van der Waals surface area contributed by atoms with E-state index in [2.05, 4.69) is 22.0 Å². The Bertz CT molecular complexity index is 1040. The van der Waals surface area contributed by atoms with E-state index in [9.17, 15) is 14.0 Å². The molecule has 0 spiro atoms. The number of fused-ring (bicyclic) bond motifs is 3. The van der Waals surface area contributed by atoms with Gasteiger partial charge in [-0.3, -0.25) is 19.9 Å². The molecule has 2 aromatic rings. The quantitative estimate of drug-likeness (QED) is 0.800. The van der Waals surface area contributed by atoms with Gasteiger partial charge in [-0.25, -0.2) is 9.18 Å². The predicted octanol–water partition coefficient (Wildman–Crippen LogP) is 2.57. The Morgan fingerprint density at radius 3 is 2.50 bits per heavy atom. The molecule has 32 heavy (non-hydrogen) atoms. The van der Waals surface area contributed by atoms with E-state index in [-0.39, 0.29) is 30.6 Å². The van der Waals surface area contributed by atoms with Crippen LogP contribution in [0.3, 0.4) is 0 Å². The van der Waals surface area contributed by atoms with E-state index in [1.807, 2.05) is 31.2 Å². The molecule has 3 aliphatic heterocycles. The summed E-state index contributed by atoms with van der Waals surface area (Å²) < 4.78 is 13.5. The summed E-state index contributed by atoms with van der Waals surface area (Å²) in [6.07, 6.45) is -0.661. The van der Waals surface area contributed by atoms with Crippen molar-refractivity contribution in [2.75, 3.05) is 25.0 Å². The average molecular weight is 438 g/mol. The molecule has 0 aromatic heterocycles. The van der Waals surface area contributed by atoms with Gasteiger partial charge in [0.1, 0.15) is 24.3 Å². The van der Waals surface area contributed by atoms with Crippen LogP contribution in [0, 0.1) is 18.7 Å². The fourth-order valence-corrected chi connectivity index (χ4v) is 5.16. The average Bonchev–Trinajstić information content (AvgIpc) is 3.16. The van der Waals surface area contributed by atoms with Crippen molar-refractivity contribution in [3.63, 3.8) is 0 Å². The summed E-state index contributed by atoms with van der Waals surface area (Å²) in [5.74, 6) is -0.155. The molecule has 3 saturated heterocycles. The standard InChI is InChI=1S/C24H28FN5O2/c1-15-12-28(19-10-8-18(25)9-11-19)23-26-21-20(29(23)13-15)22(31)30(24(32)27(21)3)14-17-7-5-4-6-16(17)2/h4-11,15,20-21,23,26H,12-14H2,1-3H3. The summed E-state index contributed by atoms with van der Waals surface area (Å²) in [6, 6.07) is 13.5. The lowest BCUT2D eigenvalue weighted by Gasteiger charge is -2.46. The predicted molar refractivity (Wildman–Crippen MR) is 119 cm³/mol. The topological polar surface area (TPSA) is 59.1 Å². The van der Waals surface area contributed by atoms with Gasteiger partial charge in [-0.05, 0) is 48.2 Å². The number of rotatable bonds is 3. The lowest BCUT2D eigenvalue weighted by molar-refractivity contribution is -0.139. The number of aryl methyl sites for hydroxylation is 1. The van der Waals surface area contributed by atoms with Crippen molar-refractivity contribution in [3.8, 4) is 0 Å². The van der Waals surface area contributed by atoms with Crippen LogP contribution in [0.25, 0.3) is 0 Å². The highest BCUT2D eigenvalue weighted by Crippen LogP contribution is 2.35. The third-order valence-electron chi connectivity index (χ3n) is 6.83. The third-order valence-corrected chi connectivity index (χ3v) is 6.83. The highest BCUT2D eigenvalue weighted by atomic mass is 19.1. The Hall–Kier alpha value is -2.97. The maximum atomic E-state index is 13.7. The SMILES string of the molecule is Cc1ccccc1CN1C(=O)C2C(NC3N(c4ccc(F)cc4)CC(C)CN23)N(C)C1=O. The maximum absolute atomic E-state index is 13.7. The Labute approximate surface area is 187 Å². The molecule has 3 aliphatic rings. The number of hydrogen-bond donors (Lipinski definition) is 1. The monoisotopic (exact) mass is 437 g/mol. The van der Waals surface area contributed by atoms with Gasteiger partial charge >= 0.3 is 6.03 Å². The normalized spacial score (nSPS) is 28.2. The maximum Gasteiger partial charge on any atom is 0.328 e. The minimum Gasteiger partial charge on any atom is -0.343 e. The molecule has 0 aliphatic carbocycles. The van der Waals surface area contributed by atoms with Crippen LogP contribution in [0.2, 0.25) is 0 Å². The van der Waals surface area contributed by atoms with Crippen LogP contribution in [0.15, 0.2) is 48.5 Å². The molecule has 0 radical (unpaired) electrons. The second-order valence-corrected chi connectivity index (χ2v) is 9.11. The minimum atomic E-state index is -0.475. The smallest absolute Gasteiger partial charge is 0.328 e. The molecular weight excluding hydrogens is 409 g/mol. The van der Waals surface area contributed by atoms with Gasteiger partial charge in [-0.2, -0.15) is 0 Å². The molecule has 8 heteroatoms. The van der Waals surface area contributed by atoms with Crippen LogP contribution in [-0.2, 0) is 11.3 Å². The van der Waals surface area contributed by atoms with E-state index in [1.165, 1.54) is 17.0 Å². The molecule has 3 heterocycles. The minimum absolute atomic E-state index is 0.176. The number of nitrogens with zero attached hydrogens (tertiary/aromatic N) is 4. The van der Waals surface area contributed by atoms with Gasteiger partial charge in [-0.1, -0.05) is 31.2 Å². The molecule has 4 unspecified atom stereocenters. The van der Waals surface area contributed by atoms with Gasteiger partial charge in [0, 0.05) is 25.8 Å². The fourth-order valence-electron chi connectivity index (χ4n) is 5.16. The van der Waals surface area contributed by atoms with Crippen molar-refractivity contribution >= 4 is 17.6 Å². The number of halogens is 1. The zero-order valence-corrected chi connectivity index (χ0v) is 18.5. The first-order chi connectivity index (χ1) is 15.3. The molecule has 3 amide bonds. The molecule has 4 atom stereocenters. The van der Waals surface area contributed by atoms with E-state index in [1.54, 1.807) is 24.1 Å². The van der Waals surface area contributed by atoms with Gasteiger partial charge in [0.05, 0.1) is 6.54 Å². The van der Waals surface area contributed by atoms with Gasteiger partial charge < -0.3 is 9.80 Å². The van der Waals surface area contributed by atoms with Crippen molar-refractivity contribution in [2.45, 2.75) is 38.9 Å². The van der Waals surface area contributed by atoms with Gasteiger partial charge in [0.2, 0.25) is 0 Å². The number of imide groups is 1. The molecule has 0 saturated carbocycles. The molecular formula is C24H28FN5O2. The van der Waals surface area contributed by atoms with Crippen LogP contribution < -0.4 is 10.2 Å². The Morgan fingerprint density at radius 2 is 1.78 bits per heavy atom. The lowest BCUT2D eigenvalue weighted by Crippen LogP contribution is -2.66. The number of hydrogen-bond acceptors (Lipinski definition) is 5. The lowest BCUT2D eigenvalue weighted by atomic mass is 10.0. The first-order valence-corrected chi connectivity index (χ1v) is 11.0. The Morgan fingerprint density at radius 1 is 1.06 bits per heavy atom. The van der Waals surface area contributed by atoms with Crippen molar-refractivity contribution in [2.24, 2.45) is 5.92 Å². The van der Waals surface area contributed by atoms with E-state index in [4.69, 9.17) is 0 Å². The number of carbonyl (C=O) groups excluding carboxylic acids is 2. The van der Waals surface area contributed by atoms with Crippen LogP contribution >= 0.6 is 0 Å². The van der Waals surface area contributed by atoms with Crippen molar-refractivity contribution in [1.82, 2.24) is 20.0 Å². The van der Waals surface area contributed by atoms with Crippen molar-refractivity contribution in [3.05, 3.63) is 65.5 Å². The summed E-state index contributed by atoms with van der Waals surface area (Å²) in [5.41, 5.74) is 2.90. The van der Waals surface area contributed by atoms with E-state index < -0.39 is 12.2 Å². The Balaban J connectivity index is 1.46. The van der Waals surface area contributed by atoms with Gasteiger partial charge in [-0.15, -0.1) is 0 Å². The zero-order chi connectivity index (χ0) is 22.6. The van der Waals surface area contributed by atoms with E-state index >= 15 is 0 Å². The molecule has 7 nitrogen and oxygen atoms in total. The van der Waals surface area contributed by atoms with Gasteiger partial charge in [0.15, 0.2) is 0 Å². The number of amides is 3. The molecule has 0 bridgehead atoms. The fraction of sp³-hybridized carbons (Fsp3) is 0.417. The Kier molecular flexibility index (Phi) is 5.14. The largest absolute Gasteiger partial charge is 0.343 e. The summed E-state index contributed by atoms with van der Waals surface area (Å²) in [5, 5.41) is 3.50. The number of likely N-dealkylation sites (N-methyl/N-ethyl adjacent to an activating group) is 1. The zero-order valence-electron chi connectivity index (χ0n) is 18.5. The summed E-state index contributed by atoms with van der Waals surface area (Å²) >= 11 is 0. The molecule has 3 fully saturated rings. The molecule has 5 rings (SSSR count). The number of anilines is 1. The second-order valence-electron chi connectivity index (χ2n) is 9.11. The number of urea groups is 1. The van der Waals surface area contributed by atoms with Crippen LogP contribution in [0.1, 0.15) is 18.1 Å². The summed E-state index contributed by atoms with van der Waals surface area (Å²) in [7, 11) is 1.74. The third kappa shape index (κ3) is 3.34. The van der Waals surface area contributed by atoms with E-state index in [0.717, 1.165) is 29.9 Å². The van der Waals surface area contributed by atoms with Crippen LogP contribution in [-0.4, -0.2) is 65.3 Å². The number of carbonyl (C=O) groups is 2. The van der Waals surface area contributed by atoms with Gasteiger partial charge in [0.25, 0.3) is 5.91 Å². The second kappa shape index (κ2) is 7.86. The van der Waals surface area contributed by atoms with E-state index in [0.29, 0.717) is 5.92 Å². The first kappa shape index (κ1) is 20.9. The highest BCUT2D eigenvalue weighted by molar-refractivity contribution is 6.00.